The molecular weight excluding hydrogens is 471 g/mol. The molecule has 3 aliphatic rings. The number of unbranched alkanes of at least 4 members (excludes halogenated alkanes) is 2. The Bertz CT molecular complexity index is 826. The average Bonchev–Trinajstić information content (AvgIpc) is 2.95. The van der Waals surface area contributed by atoms with Gasteiger partial charge in [-0.3, -0.25) is 4.79 Å². The first-order chi connectivity index (χ1) is 18.6. The Balaban J connectivity index is 1.15. The standard InChI is InChI=1S/C35H55FO2/c1-3-5-6-8-27-9-11-28(12-10-27)13-14-29-17-24-34(33(36)25-29)38-35(37)32-22-20-31(21-23-32)30-18-15-26(7-4-2)16-19-30/h17,24-28,30-32H,3-16,18-23H2,1-2H3. The Hall–Kier alpha value is -1.38. The first kappa shape index (κ1) is 29.6. The minimum Gasteiger partial charge on any atom is -0.423 e. The topological polar surface area (TPSA) is 26.3 Å². The Labute approximate surface area is 232 Å². The van der Waals surface area contributed by atoms with Gasteiger partial charge in [0.15, 0.2) is 11.6 Å². The number of rotatable bonds is 12. The van der Waals surface area contributed by atoms with Gasteiger partial charge in [0.1, 0.15) is 0 Å². The second kappa shape index (κ2) is 15.4. The van der Waals surface area contributed by atoms with E-state index in [2.05, 4.69) is 13.8 Å². The Morgan fingerprint density at radius 1 is 0.737 bits per heavy atom. The molecule has 0 aliphatic heterocycles. The molecule has 1 aromatic carbocycles. The van der Waals surface area contributed by atoms with Gasteiger partial charge in [0.2, 0.25) is 0 Å². The van der Waals surface area contributed by atoms with Crippen molar-refractivity contribution in [2.24, 2.45) is 35.5 Å². The van der Waals surface area contributed by atoms with Crippen LogP contribution in [0.25, 0.3) is 0 Å². The number of aryl methyl sites for hydroxylation is 1. The lowest BCUT2D eigenvalue weighted by molar-refractivity contribution is -0.140. The first-order valence-electron chi connectivity index (χ1n) is 16.6. The molecule has 0 aromatic heterocycles. The van der Waals surface area contributed by atoms with E-state index in [4.69, 9.17) is 4.74 Å². The molecule has 0 radical (unpaired) electrons. The monoisotopic (exact) mass is 526 g/mol. The van der Waals surface area contributed by atoms with E-state index < -0.39 is 0 Å². The van der Waals surface area contributed by atoms with E-state index in [0.717, 1.165) is 73.7 Å². The molecule has 3 aliphatic carbocycles. The minimum atomic E-state index is -0.381. The predicted molar refractivity (Wildman–Crippen MR) is 156 cm³/mol. The lowest BCUT2D eigenvalue weighted by atomic mass is 9.69. The summed E-state index contributed by atoms with van der Waals surface area (Å²) in [4.78, 5) is 12.9. The first-order valence-corrected chi connectivity index (χ1v) is 16.6. The second-order valence-electron chi connectivity index (χ2n) is 13.3. The zero-order valence-electron chi connectivity index (χ0n) is 24.5. The van der Waals surface area contributed by atoms with Crippen LogP contribution in [-0.4, -0.2) is 5.97 Å². The molecule has 0 spiro atoms. The van der Waals surface area contributed by atoms with Crippen LogP contribution >= 0.6 is 0 Å². The summed E-state index contributed by atoms with van der Waals surface area (Å²) in [6, 6.07) is 5.26. The van der Waals surface area contributed by atoms with Crippen molar-refractivity contribution in [3.05, 3.63) is 29.6 Å². The Kier molecular flexibility index (Phi) is 12.0. The lowest BCUT2D eigenvalue weighted by Gasteiger charge is -2.37. The number of ether oxygens (including phenoxy) is 1. The number of benzene rings is 1. The fourth-order valence-corrected chi connectivity index (χ4v) is 8.02. The van der Waals surface area contributed by atoms with Crippen LogP contribution in [0.3, 0.4) is 0 Å². The van der Waals surface area contributed by atoms with Crippen LogP contribution in [0.5, 0.6) is 5.75 Å². The number of hydrogen-bond donors (Lipinski definition) is 0. The molecule has 0 amide bonds. The molecule has 0 heterocycles. The van der Waals surface area contributed by atoms with Crippen molar-refractivity contribution >= 4 is 5.97 Å². The molecular formula is C35H55FO2. The second-order valence-corrected chi connectivity index (χ2v) is 13.3. The number of carbonyl (C=O) groups excluding carboxylic acids is 1. The van der Waals surface area contributed by atoms with Gasteiger partial charge in [-0.05, 0) is 98.7 Å². The van der Waals surface area contributed by atoms with Gasteiger partial charge in [-0.1, -0.05) is 97.0 Å². The number of halogens is 1. The fourth-order valence-electron chi connectivity index (χ4n) is 8.02. The van der Waals surface area contributed by atoms with Crippen LogP contribution in [0.2, 0.25) is 0 Å². The average molecular weight is 527 g/mol. The summed E-state index contributed by atoms with van der Waals surface area (Å²) in [6.07, 6.45) is 25.3. The molecule has 4 rings (SSSR count). The number of carbonyl (C=O) groups is 1. The lowest BCUT2D eigenvalue weighted by Crippen LogP contribution is -2.30. The van der Waals surface area contributed by atoms with Gasteiger partial charge in [-0.15, -0.1) is 0 Å². The van der Waals surface area contributed by atoms with Gasteiger partial charge in [-0.25, -0.2) is 4.39 Å². The summed E-state index contributed by atoms with van der Waals surface area (Å²) < 4.78 is 20.5. The summed E-state index contributed by atoms with van der Waals surface area (Å²) in [6.45, 7) is 4.58. The van der Waals surface area contributed by atoms with Gasteiger partial charge in [0.25, 0.3) is 0 Å². The molecule has 0 saturated heterocycles. The van der Waals surface area contributed by atoms with E-state index in [1.165, 1.54) is 89.9 Å². The van der Waals surface area contributed by atoms with Crippen molar-refractivity contribution in [1.82, 2.24) is 0 Å². The van der Waals surface area contributed by atoms with Crippen LogP contribution in [-0.2, 0) is 11.2 Å². The van der Waals surface area contributed by atoms with Crippen molar-refractivity contribution in [3.8, 4) is 5.75 Å². The van der Waals surface area contributed by atoms with Crippen LogP contribution in [0.15, 0.2) is 18.2 Å². The minimum absolute atomic E-state index is 0.0705. The van der Waals surface area contributed by atoms with Crippen LogP contribution in [0.4, 0.5) is 4.39 Å². The largest absolute Gasteiger partial charge is 0.423 e. The molecule has 0 N–H and O–H groups in total. The highest BCUT2D eigenvalue weighted by Crippen LogP contribution is 2.42. The van der Waals surface area contributed by atoms with Gasteiger partial charge >= 0.3 is 5.97 Å². The Morgan fingerprint density at radius 3 is 1.92 bits per heavy atom. The van der Waals surface area contributed by atoms with Gasteiger partial charge < -0.3 is 4.74 Å². The normalized spacial score (nSPS) is 30.2. The molecule has 2 nitrogen and oxygen atoms in total. The SMILES string of the molecule is CCCCCC1CCC(CCc2ccc(OC(=O)C3CCC(C4CCC(CCC)CC4)CC3)c(F)c2)CC1. The zero-order valence-corrected chi connectivity index (χ0v) is 24.5. The summed E-state index contributed by atoms with van der Waals surface area (Å²) in [5.41, 5.74) is 1.03. The molecule has 0 bridgehead atoms. The summed E-state index contributed by atoms with van der Waals surface area (Å²) in [5, 5.41) is 0. The van der Waals surface area contributed by atoms with Crippen molar-refractivity contribution < 1.29 is 13.9 Å². The quantitative estimate of drug-likeness (QED) is 0.154. The van der Waals surface area contributed by atoms with Crippen LogP contribution in [0, 0.1) is 41.3 Å². The van der Waals surface area contributed by atoms with Gasteiger partial charge in [0.05, 0.1) is 5.92 Å². The Morgan fingerprint density at radius 2 is 1.32 bits per heavy atom. The summed E-state index contributed by atoms with van der Waals surface area (Å²) in [5.74, 6) is 3.72. The number of esters is 1. The highest BCUT2D eigenvalue weighted by Gasteiger charge is 2.33. The molecule has 3 saturated carbocycles. The van der Waals surface area contributed by atoms with E-state index in [0.29, 0.717) is 0 Å². The summed E-state index contributed by atoms with van der Waals surface area (Å²) >= 11 is 0. The highest BCUT2D eigenvalue weighted by atomic mass is 19.1. The van der Waals surface area contributed by atoms with E-state index in [-0.39, 0.29) is 23.5 Å². The smallest absolute Gasteiger partial charge is 0.314 e. The maximum Gasteiger partial charge on any atom is 0.314 e. The number of hydrogen-bond acceptors (Lipinski definition) is 2. The summed E-state index contributed by atoms with van der Waals surface area (Å²) in [7, 11) is 0. The fraction of sp³-hybridized carbons (Fsp3) is 0.800. The van der Waals surface area contributed by atoms with Gasteiger partial charge in [0, 0.05) is 0 Å². The van der Waals surface area contributed by atoms with E-state index in [1.807, 2.05) is 6.07 Å². The van der Waals surface area contributed by atoms with Gasteiger partial charge in [-0.2, -0.15) is 0 Å². The van der Waals surface area contributed by atoms with Crippen LogP contribution < -0.4 is 4.74 Å². The van der Waals surface area contributed by atoms with Crippen molar-refractivity contribution in [2.75, 3.05) is 0 Å². The van der Waals surface area contributed by atoms with Crippen molar-refractivity contribution in [1.29, 1.82) is 0 Å². The van der Waals surface area contributed by atoms with Crippen molar-refractivity contribution in [2.45, 2.75) is 142 Å². The highest BCUT2D eigenvalue weighted by molar-refractivity contribution is 5.75. The van der Waals surface area contributed by atoms with E-state index >= 15 is 0 Å². The predicted octanol–water partition coefficient (Wildman–Crippen LogP) is 10.5. The molecule has 0 unspecified atom stereocenters. The third kappa shape index (κ3) is 8.82. The molecule has 0 atom stereocenters. The third-order valence-electron chi connectivity index (χ3n) is 10.6. The molecule has 1 aromatic rings. The molecule has 3 fully saturated rings. The van der Waals surface area contributed by atoms with Crippen LogP contribution in [0.1, 0.15) is 141 Å². The maximum atomic E-state index is 14.9. The van der Waals surface area contributed by atoms with Crippen molar-refractivity contribution in [3.63, 3.8) is 0 Å². The third-order valence-corrected chi connectivity index (χ3v) is 10.6. The molecule has 3 heteroatoms. The maximum absolute atomic E-state index is 14.9. The van der Waals surface area contributed by atoms with E-state index in [9.17, 15) is 9.18 Å². The molecule has 214 valence electrons. The zero-order chi connectivity index (χ0) is 26.7. The van der Waals surface area contributed by atoms with E-state index in [1.54, 1.807) is 12.1 Å². The molecule has 38 heavy (non-hydrogen) atoms.